The number of hydrogen-bond donors (Lipinski definition) is 0. The van der Waals surface area contributed by atoms with Crippen LogP contribution >= 0.6 is 23.2 Å². The van der Waals surface area contributed by atoms with E-state index in [2.05, 4.69) is 10.1 Å². The summed E-state index contributed by atoms with van der Waals surface area (Å²) in [4.78, 5) is 3.88. The van der Waals surface area contributed by atoms with Crippen LogP contribution in [0.15, 0.2) is 49.1 Å². The summed E-state index contributed by atoms with van der Waals surface area (Å²) < 4.78 is 40.5. The summed E-state index contributed by atoms with van der Waals surface area (Å²) in [6.07, 6.45) is 3.31. The Kier molecular flexibility index (Phi) is 7.06. The molecular formula is C20H17Cl2F2N3O2. The Bertz CT molecular complexity index is 1010. The van der Waals surface area contributed by atoms with Crippen LogP contribution < -0.4 is 4.74 Å². The van der Waals surface area contributed by atoms with Crippen LogP contribution in [0.5, 0.6) is 5.75 Å². The molecular weight excluding hydrogens is 423 g/mol. The number of benzene rings is 2. The first kappa shape index (κ1) is 21.1. The number of aromatic nitrogens is 3. The second-order valence-electron chi connectivity index (χ2n) is 6.00. The minimum atomic E-state index is -0.733. The lowest BCUT2D eigenvalue weighted by atomic mass is 10.1. The average molecular weight is 440 g/mol. The molecule has 152 valence electrons. The van der Waals surface area contributed by atoms with E-state index in [-0.39, 0.29) is 17.9 Å². The maximum atomic E-state index is 14.3. The molecule has 0 radical (unpaired) electrons. The molecule has 0 aliphatic carbocycles. The molecule has 0 aliphatic rings. The summed E-state index contributed by atoms with van der Waals surface area (Å²) >= 11 is 11.9. The van der Waals surface area contributed by atoms with Gasteiger partial charge in [0, 0.05) is 17.5 Å². The predicted molar refractivity (Wildman–Crippen MR) is 108 cm³/mol. The molecule has 1 aromatic heterocycles. The summed E-state index contributed by atoms with van der Waals surface area (Å²) in [5.74, 6) is -0.659. The molecule has 5 nitrogen and oxygen atoms in total. The standard InChI is InChI=1S/C20H17Cl2F2N3O2/c1-13(27-12-25-11-26-27)20(16-5-4-15(23)10-18(16)24)29-8-2-7-28-19-6-3-14(21)9-17(19)22/h3-6,9-12H,2,7-8H2,1H3. The van der Waals surface area contributed by atoms with Gasteiger partial charge in [0.25, 0.3) is 0 Å². The number of nitrogens with zero attached hydrogens (tertiary/aromatic N) is 3. The zero-order valence-electron chi connectivity index (χ0n) is 15.4. The highest BCUT2D eigenvalue weighted by Crippen LogP contribution is 2.28. The Labute approximate surface area is 176 Å². The van der Waals surface area contributed by atoms with Crippen molar-refractivity contribution in [3.8, 4) is 5.75 Å². The first-order valence-electron chi connectivity index (χ1n) is 8.67. The van der Waals surface area contributed by atoms with E-state index >= 15 is 0 Å². The summed E-state index contributed by atoms with van der Waals surface area (Å²) in [6, 6.07) is 8.25. The number of allylic oxidation sites excluding steroid dienone is 1. The van der Waals surface area contributed by atoms with Gasteiger partial charge in [0.1, 0.15) is 30.0 Å². The maximum absolute atomic E-state index is 14.3. The second-order valence-corrected chi connectivity index (χ2v) is 6.85. The monoisotopic (exact) mass is 439 g/mol. The number of rotatable bonds is 8. The number of ether oxygens (including phenoxy) is 2. The summed E-state index contributed by atoms with van der Waals surface area (Å²) in [7, 11) is 0. The van der Waals surface area contributed by atoms with Crippen LogP contribution in [0.2, 0.25) is 10.0 Å². The number of hydrogen-bond acceptors (Lipinski definition) is 4. The van der Waals surface area contributed by atoms with Crippen molar-refractivity contribution in [2.24, 2.45) is 0 Å². The number of halogens is 4. The fourth-order valence-electron chi connectivity index (χ4n) is 2.54. The predicted octanol–water partition coefficient (Wildman–Crippen LogP) is 5.69. The molecule has 0 bridgehead atoms. The van der Waals surface area contributed by atoms with Gasteiger partial charge >= 0.3 is 0 Å². The van der Waals surface area contributed by atoms with Crippen LogP contribution in [-0.2, 0) is 4.74 Å². The molecule has 2 aromatic carbocycles. The Hall–Kier alpha value is -2.64. The van der Waals surface area contributed by atoms with Crippen LogP contribution in [-0.4, -0.2) is 28.0 Å². The molecule has 0 aliphatic heterocycles. The molecule has 0 atom stereocenters. The molecule has 0 saturated heterocycles. The largest absolute Gasteiger partial charge is 0.492 e. The molecule has 0 spiro atoms. The molecule has 0 unspecified atom stereocenters. The van der Waals surface area contributed by atoms with Gasteiger partial charge in [0.05, 0.1) is 29.5 Å². The van der Waals surface area contributed by atoms with Crippen molar-refractivity contribution in [3.63, 3.8) is 0 Å². The van der Waals surface area contributed by atoms with Gasteiger partial charge < -0.3 is 9.47 Å². The van der Waals surface area contributed by atoms with E-state index in [1.54, 1.807) is 25.1 Å². The minimum Gasteiger partial charge on any atom is -0.492 e. The lowest BCUT2D eigenvalue weighted by molar-refractivity contribution is 0.225. The quantitative estimate of drug-likeness (QED) is 0.333. The van der Waals surface area contributed by atoms with Gasteiger partial charge in [0.2, 0.25) is 0 Å². The maximum Gasteiger partial charge on any atom is 0.150 e. The van der Waals surface area contributed by atoms with Gasteiger partial charge in [-0.05, 0) is 37.3 Å². The Morgan fingerprint density at radius 1 is 1.10 bits per heavy atom. The molecule has 0 fully saturated rings. The van der Waals surface area contributed by atoms with Crippen molar-refractivity contribution < 1.29 is 18.3 Å². The molecule has 3 rings (SSSR count). The van der Waals surface area contributed by atoms with Crippen molar-refractivity contribution in [2.45, 2.75) is 13.3 Å². The fraction of sp³-hybridized carbons (Fsp3) is 0.200. The van der Waals surface area contributed by atoms with Crippen molar-refractivity contribution in [3.05, 3.63) is 76.3 Å². The van der Waals surface area contributed by atoms with Crippen molar-refractivity contribution >= 4 is 34.7 Å². The Balaban J connectivity index is 1.69. The lowest BCUT2D eigenvalue weighted by Gasteiger charge is -2.15. The van der Waals surface area contributed by atoms with Gasteiger partial charge in [0.15, 0.2) is 5.76 Å². The van der Waals surface area contributed by atoms with E-state index < -0.39 is 11.6 Å². The van der Waals surface area contributed by atoms with Crippen LogP contribution in [0.25, 0.3) is 11.5 Å². The molecule has 0 saturated carbocycles. The zero-order chi connectivity index (χ0) is 20.8. The van der Waals surface area contributed by atoms with Crippen LogP contribution in [0, 0.1) is 11.6 Å². The Morgan fingerprint density at radius 2 is 1.93 bits per heavy atom. The van der Waals surface area contributed by atoms with Gasteiger partial charge in [-0.25, -0.2) is 18.4 Å². The van der Waals surface area contributed by atoms with Gasteiger partial charge in [-0.3, -0.25) is 0 Å². The zero-order valence-corrected chi connectivity index (χ0v) is 16.9. The summed E-state index contributed by atoms with van der Waals surface area (Å²) in [5, 5.41) is 4.96. The van der Waals surface area contributed by atoms with E-state index in [9.17, 15) is 8.78 Å². The smallest absolute Gasteiger partial charge is 0.150 e. The van der Waals surface area contributed by atoms with E-state index in [1.165, 1.54) is 29.5 Å². The third-order valence-electron chi connectivity index (χ3n) is 3.95. The lowest BCUT2D eigenvalue weighted by Crippen LogP contribution is -2.07. The van der Waals surface area contributed by atoms with Gasteiger partial charge in [-0.15, -0.1) is 0 Å². The third kappa shape index (κ3) is 5.46. The molecule has 3 aromatic rings. The van der Waals surface area contributed by atoms with Gasteiger partial charge in [-0.2, -0.15) is 5.10 Å². The minimum absolute atomic E-state index is 0.126. The topological polar surface area (TPSA) is 49.2 Å². The highest BCUT2D eigenvalue weighted by molar-refractivity contribution is 6.35. The second kappa shape index (κ2) is 9.71. The van der Waals surface area contributed by atoms with Crippen LogP contribution in [0.1, 0.15) is 18.9 Å². The normalized spacial score (nSPS) is 11.9. The van der Waals surface area contributed by atoms with Gasteiger partial charge in [-0.1, -0.05) is 23.2 Å². The molecule has 0 N–H and O–H groups in total. The fourth-order valence-corrected chi connectivity index (χ4v) is 3.01. The van der Waals surface area contributed by atoms with Crippen molar-refractivity contribution in [1.29, 1.82) is 0 Å². The van der Waals surface area contributed by atoms with E-state index in [0.29, 0.717) is 34.5 Å². The average Bonchev–Trinajstić information content (AvgIpc) is 3.21. The highest BCUT2D eigenvalue weighted by Gasteiger charge is 2.15. The first-order chi connectivity index (χ1) is 14.0. The van der Waals surface area contributed by atoms with E-state index in [4.69, 9.17) is 32.7 Å². The molecule has 9 heteroatoms. The van der Waals surface area contributed by atoms with Crippen LogP contribution in [0.4, 0.5) is 8.78 Å². The molecule has 29 heavy (non-hydrogen) atoms. The SMILES string of the molecule is CC(=C(OCCCOc1ccc(Cl)cc1Cl)c1ccc(F)cc1F)n1cncn1. The highest BCUT2D eigenvalue weighted by atomic mass is 35.5. The summed E-state index contributed by atoms with van der Waals surface area (Å²) in [6.45, 7) is 2.25. The van der Waals surface area contributed by atoms with E-state index in [0.717, 1.165) is 6.07 Å². The molecule has 1 heterocycles. The molecule has 0 amide bonds. The van der Waals surface area contributed by atoms with Crippen LogP contribution in [0.3, 0.4) is 0 Å². The van der Waals surface area contributed by atoms with Crippen molar-refractivity contribution in [1.82, 2.24) is 14.8 Å². The summed E-state index contributed by atoms with van der Waals surface area (Å²) in [5.41, 5.74) is 0.635. The van der Waals surface area contributed by atoms with Crippen molar-refractivity contribution in [2.75, 3.05) is 13.2 Å². The Morgan fingerprint density at radius 3 is 2.62 bits per heavy atom. The third-order valence-corrected chi connectivity index (χ3v) is 4.48. The van der Waals surface area contributed by atoms with E-state index in [1.807, 2.05) is 0 Å². The first-order valence-corrected chi connectivity index (χ1v) is 9.43.